The minimum Gasteiger partial charge on any atom is -0.391 e. The Morgan fingerprint density at radius 2 is 1.68 bits per heavy atom. The lowest BCUT2D eigenvalue weighted by Gasteiger charge is -2.39. The fraction of sp³-hybridized carbons (Fsp3) is 0.320. The van der Waals surface area contributed by atoms with E-state index in [0.29, 0.717) is 18.3 Å². The Morgan fingerprint density at radius 3 is 2.29 bits per heavy atom. The molecule has 6 rings (SSSR count). The van der Waals surface area contributed by atoms with Gasteiger partial charge in [0.2, 0.25) is 5.95 Å². The molecule has 1 aromatic carbocycles. The second-order valence-corrected chi connectivity index (χ2v) is 9.06. The molecule has 0 amide bonds. The molecule has 3 aromatic heterocycles. The van der Waals surface area contributed by atoms with E-state index in [1.165, 1.54) is 5.56 Å². The number of nitrogens with two attached hydrogens (primary N) is 1. The van der Waals surface area contributed by atoms with Crippen LogP contribution in [-0.2, 0) is 5.41 Å². The van der Waals surface area contributed by atoms with Crippen LogP contribution in [0.4, 0.5) is 11.8 Å². The molecule has 1 aliphatic heterocycles. The molecule has 2 aliphatic rings. The highest BCUT2D eigenvalue weighted by molar-refractivity contribution is 5.63. The van der Waals surface area contributed by atoms with Gasteiger partial charge in [-0.2, -0.15) is 4.98 Å². The SMILES string of the molecule is Nc1ncc(-c2ccc(C3(c4noc(-c5ccc(N6CC[C@H](O)C6)nc5)n4)CCC3)cc2)cn1. The van der Waals surface area contributed by atoms with Gasteiger partial charge >= 0.3 is 0 Å². The number of β-amino-alcohol motifs (C(OH)–C–C–N with tert-alkyl or cyclic N) is 1. The molecule has 0 spiro atoms. The third kappa shape index (κ3) is 3.58. The first-order valence-corrected chi connectivity index (χ1v) is 11.5. The average molecular weight is 456 g/mol. The first kappa shape index (κ1) is 20.7. The molecule has 172 valence electrons. The maximum Gasteiger partial charge on any atom is 0.259 e. The van der Waals surface area contributed by atoms with E-state index in [9.17, 15) is 5.11 Å². The number of anilines is 2. The van der Waals surface area contributed by atoms with Crippen LogP contribution in [0.25, 0.3) is 22.6 Å². The molecule has 1 atom stereocenters. The summed E-state index contributed by atoms with van der Waals surface area (Å²) >= 11 is 0. The summed E-state index contributed by atoms with van der Waals surface area (Å²) in [6.07, 6.45) is 8.78. The zero-order chi connectivity index (χ0) is 23.1. The summed E-state index contributed by atoms with van der Waals surface area (Å²) in [7, 11) is 0. The van der Waals surface area contributed by atoms with E-state index in [4.69, 9.17) is 15.2 Å². The lowest BCUT2D eigenvalue weighted by Crippen LogP contribution is -2.36. The standard InChI is InChI=1S/C25H25N7O2/c26-24-28-13-18(14-29-24)16-2-5-19(6-3-16)25(9-1-10-25)23-30-22(34-31-23)17-4-7-21(27-12-17)32-11-8-20(33)15-32/h2-7,12-14,20,33H,1,8-11,15H2,(H2,26,28,29)/t20-/m0/s1. The van der Waals surface area contributed by atoms with Gasteiger partial charge < -0.3 is 20.3 Å². The Balaban J connectivity index is 1.24. The molecule has 0 bridgehead atoms. The Kier molecular flexibility index (Phi) is 4.99. The van der Waals surface area contributed by atoms with E-state index in [2.05, 4.69) is 49.3 Å². The number of aliphatic hydroxyl groups excluding tert-OH is 1. The van der Waals surface area contributed by atoms with Crippen molar-refractivity contribution in [2.45, 2.75) is 37.2 Å². The topological polar surface area (TPSA) is 127 Å². The van der Waals surface area contributed by atoms with Crippen molar-refractivity contribution >= 4 is 11.8 Å². The van der Waals surface area contributed by atoms with Gasteiger partial charge in [0.1, 0.15) is 5.82 Å². The number of benzene rings is 1. The lowest BCUT2D eigenvalue weighted by atomic mass is 9.64. The van der Waals surface area contributed by atoms with Gasteiger partial charge in [0, 0.05) is 37.2 Å². The molecule has 3 N–H and O–H groups in total. The molecule has 9 heteroatoms. The summed E-state index contributed by atoms with van der Waals surface area (Å²) < 4.78 is 5.66. The highest BCUT2D eigenvalue weighted by Gasteiger charge is 2.44. The predicted octanol–water partition coefficient (Wildman–Crippen LogP) is 3.21. The fourth-order valence-corrected chi connectivity index (χ4v) is 4.83. The monoisotopic (exact) mass is 455 g/mol. The first-order valence-electron chi connectivity index (χ1n) is 11.5. The molecule has 1 aliphatic carbocycles. The lowest BCUT2D eigenvalue weighted by molar-refractivity contribution is 0.198. The van der Waals surface area contributed by atoms with Crippen LogP contribution in [0.1, 0.15) is 37.1 Å². The van der Waals surface area contributed by atoms with E-state index in [-0.39, 0.29) is 17.5 Å². The maximum absolute atomic E-state index is 9.77. The summed E-state index contributed by atoms with van der Waals surface area (Å²) in [5.74, 6) is 2.30. The van der Waals surface area contributed by atoms with Crippen LogP contribution in [0, 0.1) is 0 Å². The number of nitrogens with zero attached hydrogens (tertiary/aromatic N) is 6. The van der Waals surface area contributed by atoms with Gasteiger partial charge in [-0.3, -0.25) is 0 Å². The summed E-state index contributed by atoms with van der Waals surface area (Å²) in [5.41, 5.74) is 9.27. The van der Waals surface area contributed by atoms with E-state index in [0.717, 1.165) is 54.7 Å². The second kappa shape index (κ2) is 8.18. The van der Waals surface area contributed by atoms with Crippen molar-refractivity contribution in [1.29, 1.82) is 0 Å². The molecular weight excluding hydrogens is 430 g/mol. The van der Waals surface area contributed by atoms with Gasteiger partial charge in [-0.25, -0.2) is 15.0 Å². The van der Waals surface area contributed by atoms with Crippen LogP contribution >= 0.6 is 0 Å². The van der Waals surface area contributed by atoms with Crippen molar-refractivity contribution in [3.63, 3.8) is 0 Å². The number of nitrogen functional groups attached to an aromatic ring is 1. The van der Waals surface area contributed by atoms with Crippen molar-refractivity contribution in [1.82, 2.24) is 25.1 Å². The average Bonchev–Trinajstić information content (AvgIpc) is 3.50. The number of aliphatic hydroxyl groups is 1. The number of pyridine rings is 1. The van der Waals surface area contributed by atoms with Crippen LogP contribution in [0.2, 0.25) is 0 Å². The summed E-state index contributed by atoms with van der Waals surface area (Å²) in [4.78, 5) is 19.6. The van der Waals surface area contributed by atoms with Crippen LogP contribution in [0.3, 0.4) is 0 Å². The van der Waals surface area contributed by atoms with Crippen LogP contribution in [-0.4, -0.2) is 49.4 Å². The van der Waals surface area contributed by atoms with E-state index in [1.807, 2.05) is 12.1 Å². The molecule has 4 aromatic rings. The van der Waals surface area contributed by atoms with Gasteiger partial charge in [-0.05, 0) is 42.5 Å². The van der Waals surface area contributed by atoms with Crippen LogP contribution in [0.5, 0.6) is 0 Å². The van der Waals surface area contributed by atoms with Gasteiger partial charge in [0.15, 0.2) is 5.82 Å². The summed E-state index contributed by atoms with van der Waals surface area (Å²) in [6, 6.07) is 12.3. The van der Waals surface area contributed by atoms with Crippen molar-refractivity contribution in [3.8, 4) is 22.6 Å². The van der Waals surface area contributed by atoms with Crippen LogP contribution < -0.4 is 10.6 Å². The highest BCUT2D eigenvalue weighted by atomic mass is 16.5. The molecule has 4 heterocycles. The largest absolute Gasteiger partial charge is 0.391 e. The van der Waals surface area contributed by atoms with E-state index in [1.54, 1.807) is 18.6 Å². The zero-order valence-corrected chi connectivity index (χ0v) is 18.6. The number of hydrogen-bond acceptors (Lipinski definition) is 9. The zero-order valence-electron chi connectivity index (χ0n) is 18.6. The van der Waals surface area contributed by atoms with Gasteiger partial charge in [0.05, 0.1) is 17.1 Å². The van der Waals surface area contributed by atoms with Crippen molar-refractivity contribution in [3.05, 3.63) is 66.4 Å². The quantitative estimate of drug-likeness (QED) is 0.466. The van der Waals surface area contributed by atoms with Crippen molar-refractivity contribution < 1.29 is 9.63 Å². The Hall–Kier alpha value is -3.85. The number of rotatable bonds is 5. The highest BCUT2D eigenvalue weighted by Crippen LogP contribution is 2.48. The third-order valence-corrected chi connectivity index (χ3v) is 6.99. The molecule has 0 unspecified atom stereocenters. The number of aromatic nitrogens is 5. The summed E-state index contributed by atoms with van der Waals surface area (Å²) in [6.45, 7) is 1.43. The van der Waals surface area contributed by atoms with Crippen molar-refractivity contribution in [2.24, 2.45) is 0 Å². The molecule has 1 saturated heterocycles. The number of hydrogen-bond donors (Lipinski definition) is 2. The molecule has 0 radical (unpaired) electrons. The Labute approximate surface area is 196 Å². The molecule has 9 nitrogen and oxygen atoms in total. The van der Waals surface area contributed by atoms with Gasteiger partial charge in [0.25, 0.3) is 5.89 Å². The first-order chi connectivity index (χ1) is 16.6. The molecule has 2 fully saturated rings. The van der Waals surface area contributed by atoms with Gasteiger partial charge in [-0.15, -0.1) is 0 Å². The van der Waals surface area contributed by atoms with E-state index < -0.39 is 0 Å². The third-order valence-electron chi connectivity index (χ3n) is 6.99. The minimum atomic E-state index is -0.285. The van der Waals surface area contributed by atoms with Crippen LogP contribution in [0.15, 0.2) is 59.5 Å². The second-order valence-electron chi connectivity index (χ2n) is 9.06. The minimum absolute atomic E-state index is 0.239. The molecular formula is C25H25N7O2. The smallest absolute Gasteiger partial charge is 0.259 e. The Bertz CT molecular complexity index is 1280. The molecule has 34 heavy (non-hydrogen) atoms. The van der Waals surface area contributed by atoms with E-state index >= 15 is 0 Å². The predicted molar refractivity (Wildman–Crippen MR) is 127 cm³/mol. The Morgan fingerprint density at radius 1 is 0.941 bits per heavy atom. The maximum atomic E-state index is 9.77. The molecule has 1 saturated carbocycles. The van der Waals surface area contributed by atoms with Crippen molar-refractivity contribution in [2.75, 3.05) is 23.7 Å². The normalized spacial score (nSPS) is 19.2. The fourth-order valence-electron chi connectivity index (χ4n) is 4.83. The summed E-state index contributed by atoms with van der Waals surface area (Å²) in [5, 5.41) is 14.1. The van der Waals surface area contributed by atoms with Gasteiger partial charge in [-0.1, -0.05) is 35.8 Å².